The smallest absolute Gasteiger partial charge is 0.337 e. The van der Waals surface area contributed by atoms with Gasteiger partial charge >= 0.3 is 11.9 Å². The van der Waals surface area contributed by atoms with Gasteiger partial charge in [-0.15, -0.1) is 0 Å². The fraction of sp³-hybridized carbons (Fsp3) is 0.478. The summed E-state index contributed by atoms with van der Waals surface area (Å²) in [4.78, 5) is 37.4. The standard InChI is InChI=1S/C23H30N2O8S/c1-7-31-21(26)17-14(4)24-20(23(30-5,34-6)33-9-3)19(22(27)32-8-2)18(17)15-11-10-12-16(13-15)25(28)29/h10-13,18,24H,7-9H2,1-6H3. The van der Waals surface area contributed by atoms with E-state index in [1.807, 2.05) is 0 Å². The van der Waals surface area contributed by atoms with Crippen LogP contribution in [0.2, 0.25) is 0 Å². The van der Waals surface area contributed by atoms with Crippen LogP contribution >= 0.6 is 11.8 Å². The number of esters is 2. The largest absolute Gasteiger partial charge is 0.463 e. The monoisotopic (exact) mass is 494 g/mol. The molecule has 34 heavy (non-hydrogen) atoms. The summed E-state index contributed by atoms with van der Waals surface area (Å²) >= 11 is 1.20. The number of thioether (sulfide) groups is 1. The molecule has 1 aliphatic heterocycles. The average Bonchev–Trinajstić information content (AvgIpc) is 2.82. The Kier molecular flexibility index (Phi) is 9.66. The summed E-state index contributed by atoms with van der Waals surface area (Å²) in [6.45, 7) is 7.19. The first-order chi connectivity index (χ1) is 16.2. The Morgan fingerprint density at radius 1 is 1.12 bits per heavy atom. The van der Waals surface area contributed by atoms with Crippen LogP contribution in [0.3, 0.4) is 0 Å². The van der Waals surface area contributed by atoms with Crippen LogP contribution in [0.5, 0.6) is 0 Å². The quantitative estimate of drug-likeness (QED) is 0.211. The molecule has 10 nitrogen and oxygen atoms in total. The minimum atomic E-state index is -1.43. The van der Waals surface area contributed by atoms with E-state index < -0.39 is 27.9 Å². The number of hydrogen-bond donors (Lipinski definition) is 1. The van der Waals surface area contributed by atoms with E-state index in [0.717, 1.165) is 0 Å². The summed E-state index contributed by atoms with van der Waals surface area (Å²) in [6.07, 6.45) is 1.75. The molecule has 186 valence electrons. The number of carbonyl (C=O) groups is 2. The molecule has 0 aliphatic carbocycles. The molecule has 1 aliphatic rings. The Morgan fingerprint density at radius 2 is 1.74 bits per heavy atom. The van der Waals surface area contributed by atoms with Crippen LogP contribution in [-0.4, -0.2) is 55.2 Å². The van der Waals surface area contributed by atoms with Gasteiger partial charge in [-0.3, -0.25) is 10.1 Å². The molecule has 0 aromatic heterocycles. The molecule has 0 radical (unpaired) electrons. The van der Waals surface area contributed by atoms with Crippen molar-refractivity contribution >= 4 is 29.4 Å². The van der Waals surface area contributed by atoms with E-state index in [-0.39, 0.29) is 42.4 Å². The van der Waals surface area contributed by atoms with Crippen molar-refractivity contribution in [3.05, 3.63) is 62.5 Å². The molecular weight excluding hydrogens is 464 g/mol. The molecule has 1 aromatic carbocycles. The number of nitrogens with one attached hydrogen (secondary N) is 1. The lowest BCUT2D eigenvalue weighted by molar-refractivity contribution is -0.384. The molecule has 0 bridgehead atoms. The minimum absolute atomic E-state index is 0.0423. The van der Waals surface area contributed by atoms with Crippen LogP contribution in [0.15, 0.2) is 46.8 Å². The lowest BCUT2D eigenvalue weighted by Gasteiger charge is -2.39. The molecule has 1 heterocycles. The van der Waals surface area contributed by atoms with Crippen LogP contribution in [0.4, 0.5) is 5.69 Å². The number of ether oxygens (including phenoxy) is 4. The van der Waals surface area contributed by atoms with Gasteiger partial charge in [0, 0.05) is 31.5 Å². The van der Waals surface area contributed by atoms with E-state index in [9.17, 15) is 19.7 Å². The SMILES string of the molecule is CCOC(=O)C1=C(C)NC(C(OC)(OCC)SC)=C(C(=O)OCC)C1c1cccc([N+](=O)[O-])c1. The summed E-state index contributed by atoms with van der Waals surface area (Å²) in [5.74, 6) is -2.41. The molecule has 0 spiro atoms. The Hall–Kier alpha value is -2.89. The van der Waals surface area contributed by atoms with E-state index in [4.69, 9.17) is 18.9 Å². The first-order valence-corrected chi connectivity index (χ1v) is 12.0. The van der Waals surface area contributed by atoms with E-state index >= 15 is 0 Å². The molecule has 0 amide bonds. The van der Waals surface area contributed by atoms with Crippen molar-refractivity contribution in [3.8, 4) is 0 Å². The highest BCUT2D eigenvalue weighted by atomic mass is 32.2. The molecule has 0 saturated carbocycles. The normalized spacial score (nSPS) is 17.6. The fourth-order valence-corrected chi connectivity index (χ4v) is 4.56. The van der Waals surface area contributed by atoms with Crippen LogP contribution < -0.4 is 5.32 Å². The highest BCUT2D eigenvalue weighted by Gasteiger charge is 2.47. The maximum absolute atomic E-state index is 13.4. The maximum atomic E-state index is 13.4. The molecule has 1 N–H and O–H groups in total. The second kappa shape index (κ2) is 12.0. The van der Waals surface area contributed by atoms with Crippen LogP contribution in [0.1, 0.15) is 39.2 Å². The summed E-state index contributed by atoms with van der Waals surface area (Å²) in [5.41, 5.74) is 0.978. The highest BCUT2D eigenvalue weighted by Crippen LogP contribution is 2.45. The maximum Gasteiger partial charge on any atom is 0.337 e. The number of nitro groups is 1. The van der Waals surface area contributed by atoms with Crippen molar-refractivity contribution < 1.29 is 33.5 Å². The van der Waals surface area contributed by atoms with Gasteiger partial charge < -0.3 is 24.3 Å². The lowest BCUT2D eigenvalue weighted by Crippen LogP contribution is -2.45. The van der Waals surface area contributed by atoms with Crippen molar-refractivity contribution in [2.75, 3.05) is 33.2 Å². The van der Waals surface area contributed by atoms with Crippen molar-refractivity contribution in [1.82, 2.24) is 5.32 Å². The highest BCUT2D eigenvalue weighted by molar-refractivity contribution is 7.99. The first-order valence-electron chi connectivity index (χ1n) is 10.8. The minimum Gasteiger partial charge on any atom is -0.463 e. The molecule has 0 fully saturated rings. The topological polar surface area (TPSA) is 126 Å². The van der Waals surface area contributed by atoms with E-state index in [2.05, 4.69) is 5.32 Å². The molecule has 2 atom stereocenters. The van der Waals surface area contributed by atoms with Gasteiger partial charge in [0.15, 0.2) is 0 Å². The van der Waals surface area contributed by atoms with Gasteiger partial charge in [-0.05, 0) is 39.5 Å². The number of methoxy groups -OCH3 is 1. The van der Waals surface area contributed by atoms with Crippen molar-refractivity contribution in [2.24, 2.45) is 0 Å². The number of benzene rings is 1. The molecule has 2 unspecified atom stereocenters. The number of hydrogen-bond acceptors (Lipinski definition) is 10. The molecule has 2 rings (SSSR count). The van der Waals surface area contributed by atoms with E-state index in [1.165, 1.54) is 37.1 Å². The van der Waals surface area contributed by atoms with Gasteiger partial charge in [0.05, 0.1) is 40.9 Å². The predicted molar refractivity (Wildman–Crippen MR) is 127 cm³/mol. The molecular formula is C23H30N2O8S. The van der Waals surface area contributed by atoms with Crippen LogP contribution in [-0.2, 0) is 28.5 Å². The zero-order valence-corrected chi connectivity index (χ0v) is 20.9. The number of dihydropyridines is 1. The number of allylic oxidation sites excluding steroid dienone is 1. The summed E-state index contributed by atoms with van der Waals surface area (Å²) < 4.78 is 22.3. The zero-order chi connectivity index (χ0) is 25.5. The predicted octanol–water partition coefficient (Wildman–Crippen LogP) is 3.64. The third-order valence-electron chi connectivity index (χ3n) is 5.15. The van der Waals surface area contributed by atoms with Gasteiger partial charge in [-0.25, -0.2) is 9.59 Å². The van der Waals surface area contributed by atoms with Gasteiger partial charge in [-0.1, -0.05) is 23.9 Å². The Labute approximate surface area is 202 Å². The molecule has 11 heteroatoms. The fourth-order valence-electron chi connectivity index (χ4n) is 3.80. The number of nitro benzene ring substituents is 1. The second-order valence-electron chi connectivity index (χ2n) is 7.08. The number of nitrogens with zero attached hydrogens (tertiary/aromatic N) is 1. The molecule has 1 aromatic rings. The van der Waals surface area contributed by atoms with Gasteiger partial charge in [-0.2, -0.15) is 0 Å². The number of non-ortho nitro benzene ring substituents is 1. The third kappa shape index (κ3) is 5.43. The van der Waals surface area contributed by atoms with Gasteiger partial charge in [0.25, 0.3) is 10.8 Å². The third-order valence-corrected chi connectivity index (χ3v) is 6.17. The number of carbonyl (C=O) groups excluding carboxylic acids is 2. The van der Waals surface area contributed by atoms with Gasteiger partial charge in [0.1, 0.15) is 0 Å². The van der Waals surface area contributed by atoms with Crippen molar-refractivity contribution in [1.29, 1.82) is 0 Å². The lowest BCUT2D eigenvalue weighted by atomic mass is 9.80. The van der Waals surface area contributed by atoms with Crippen LogP contribution in [0, 0.1) is 10.1 Å². The Balaban J connectivity index is 2.95. The van der Waals surface area contributed by atoms with E-state index in [1.54, 1.807) is 40.0 Å². The van der Waals surface area contributed by atoms with Crippen LogP contribution in [0.25, 0.3) is 0 Å². The van der Waals surface area contributed by atoms with Crippen molar-refractivity contribution in [2.45, 2.75) is 38.7 Å². The average molecular weight is 495 g/mol. The molecule has 0 saturated heterocycles. The number of rotatable bonds is 11. The Bertz CT molecular complexity index is 1000. The van der Waals surface area contributed by atoms with E-state index in [0.29, 0.717) is 11.3 Å². The summed E-state index contributed by atoms with van der Waals surface area (Å²) in [5, 5.41) is 13.2. The van der Waals surface area contributed by atoms with Gasteiger partial charge in [0.2, 0.25) is 0 Å². The summed E-state index contributed by atoms with van der Waals surface area (Å²) in [7, 11) is 1.44. The van der Waals surface area contributed by atoms with Crippen molar-refractivity contribution in [3.63, 3.8) is 0 Å². The Morgan fingerprint density at radius 3 is 2.24 bits per heavy atom. The summed E-state index contributed by atoms with van der Waals surface area (Å²) in [6, 6.07) is 5.77. The first kappa shape index (κ1) is 27.4. The zero-order valence-electron chi connectivity index (χ0n) is 20.1. The second-order valence-corrected chi connectivity index (χ2v) is 8.02.